The standard InChI is InChI=1S/C16H15N3O3S/c1-10-6-3-4-7-12(10)17-14(20)11(2)23-16-19-18-15(22-16)13-8-5-9-21-13/h3-9,11H,1-2H3,(H,17,20). The van der Waals surface area contributed by atoms with Crippen LogP contribution in [0, 0.1) is 6.92 Å². The molecular formula is C16H15N3O3S. The lowest BCUT2D eigenvalue weighted by molar-refractivity contribution is -0.115. The van der Waals surface area contributed by atoms with Crippen molar-refractivity contribution in [2.24, 2.45) is 0 Å². The number of amides is 1. The van der Waals surface area contributed by atoms with E-state index in [-0.39, 0.29) is 11.2 Å². The van der Waals surface area contributed by atoms with Gasteiger partial charge in [0.05, 0.1) is 11.5 Å². The average molecular weight is 329 g/mol. The van der Waals surface area contributed by atoms with Gasteiger partial charge < -0.3 is 14.2 Å². The van der Waals surface area contributed by atoms with Crippen LogP contribution in [0.4, 0.5) is 5.69 Å². The van der Waals surface area contributed by atoms with Crippen LogP contribution in [-0.4, -0.2) is 21.4 Å². The van der Waals surface area contributed by atoms with Gasteiger partial charge in [0, 0.05) is 5.69 Å². The monoisotopic (exact) mass is 329 g/mol. The number of anilines is 1. The van der Waals surface area contributed by atoms with E-state index in [1.807, 2.05) is 31.2 Å². The summed E-state index contributed by atoms with van der Waals surface area (Å²) in [5.41, 5.74) is 1.81. The number of thioether (sulfide) groups is 1. The number of para-hydroxylation sites is 1. The van der Waals surface area contributed by atoms with Crippen LogP contribution < -0.4 is 5.32 Å². The van der Waals surface area contributed by atoms with Crippen molar-refractivity contribution in [1.82, 2.24) is 10.2 Å². The first-order valence-corrected chi connectivity index (χ1v) is 7.92. The van der Waals surface area contributed by atoms with E-state index in [1.165, 1.54) is 18.0 Å². The summed E-state index contributed by atoms with van der Waals surface area (Å²) in [6.45, 7) is 3.73. The number of hydrogen-bond donors (Lipinski definition) is 1. The number of aryl methyl sites for hydroxylation is 1. The van der Waals surface area contributed by atoms with E-state index in [2.05, 4.69) is 15.5 Å². The highest BCUT2D eigenvalue weighted by atomic mass is 32.2. The van der Waals surface area contributed by atoms with Crippen LogP contribution in [0.3, 0.4) is 0 Å². The smallest absolute Gasteiger partial charge is 0.284 e. The number of nitrogens with one attached hydrogen (secondary N) is 1. The van der Waals surface area contributed by atoms with Crippen LogP contribution in [0.15, 0.2) is 56.7 Å². The Balaban J connectivity index is 1.64. The molecule has 2 aromatic heterocycles. The van der Waals surface area contributed by atoms with Gasteiger partial charge in [-0.05, 0) is 37.6 Å². The van der Waals surface area contributed by atoms with Crippen molar-refractivity contribution in [2.75, 3.05) is 5.32 Å². The number of carbonyl (C=O) groups is 1. The molecule has 0 bridgehead atoms. The molecule has 0 aliphatic heterocycles. The number of hydrogen-bond acceptors (Lipinski definition) is 6. The SMILES string of the molecule is Cc1ccccc1NC(=O)C(C)Sc1nnc(-c2ccco2)o1. The van der Waals surface area contributed by atoms with E-state index in [0.717, 1.165) is 11.3 Å². The van der Waals surface area contributed by atoms with Gasteiger partial charge in [0.2, 0.25) is 5.91 Å². The molecule has 7 heteroatoms. The Hall–Kier alpha value is -2.54. The average Bonchev–Trinajstić information content (AvgIpc) is 3.20. The lowest BCUT2D eigenvalue weighted by Gasteiger charge is -2.11. The van der Waals surface area contributed by atoms with E-state index < -0.39 is 0 Å². The lowest BCUT2D eigenvalue weighted by Crippen LogP contribution is -2.22. The fourth-order valence-corrected chi connectivity index (χ4v) is 2.59. The van der Waals surface area contributed by atoms with E-state index >= 15 is 0 Å². The normalized spacial score (nSPS) is 12.1. The molecule has 3 rings (SSSR count). The Labute approximate surface area is 137 Å². The van der Waals surface area contributed by atoms with Gasteiger partial charge in [-0.1, -0.05) is 30.0 Å². The maximum atomic E-state index is 12.3. The molecule has 23 heavy (non-hydrogen) atoms. The Kier molecular flexibility index (Phi) is 4.47. The second-order valence-electron chi connectivity index (χ2n) is 4.91. The quantitative estimate of drug-likeness (QED) is 0.718. The molecule has 6 nitrogen and oxygen atoms in total. The van der Waals surface area contributed by atoms with Crippen LogP contribution in [0.1, 0.15) is 12.5 Å². The van der Waals surface area contributed by atoms with Crippen molar-refractivity contribution in [3.63, 3.8) is 0 Å². The van der Waals surface area contributed by atoms with Crippen molar-refractivity contribution in [3.8, 4) is 11.7 Å². The molecule has 3 aromatic rings. The van der Waals surface area contributed by atoms with Gasteiger partial charge in [0.1, 0.15) is 0 Å². The largest absolute Gasteiger partial charge is 0.459 e. The van der Waals surface area contributed by atoms with Gasteiger partial charge in [-0.2, -0.15) is 0 Å². The molecule has 118 valence electrons. The lowest BCUT2D eigenvalue weighted by atomic mass is 10.2. The Morgan fingerprint density at radius 2 is 2.04 bits per heavy atom. The predicted octanol–water partition coefficient (Wildman–Crippen LogP) is 3.76. The third kappa shape index (κ3) is 3.62. The van der Waals surface area contributed by atoms with Crippen LogP contribution in [0.25, 0.3) is 11.7 Å². The van der Waals surface area contributed by atoms with Crippen molar-refractivity contribution in [1.29, 1.82) is 0 Å². The van der Waals surface area contributed by atoms with Crippen LogP contribution in [0.5, 0.6) is 0 Å². The Bertz CT molecular complexity index is 799. The molecule has 0 fully saturated rings. The van der Waals surface area contributed by atoms with Gasteiger partial charge in [-0.3, -0.25) is 4.79 Å². The molecule has 1 unspecified atom stereocenters. The van der Waals surface area contributed by atoms with Crippen molar-refractivity contribution in [3.05, 3.63) is 48.2 Å². The van der Waals surface area contributed by atoms with Gasteiger partial charge in [0.25, 0.3) is 11.1 Å². The summed E-state index contributed by atoms with van der Waals surface area (Å²) in [6, 6.07) is 11.1. The molecule has 0 saturated carbocycles. The van der Waals surface area contributed by atoms with Gasteiger partial charge in [-0.15, -0.1) is 10.2 Å². The summed E-state index contributed by atoms with van der Waals surface area (Å²) >= 11 is 1.20. The highest BCUT2D eigenvalue weighted by molar-refractivity contribution is 8.00. The minimum Gasteiger partial charge on any atom is -0.459 e. The maximum absolute atomic E-state index is 12.3. The molecule has 1 atom stereocenters. The Morgan fingerprint density at radius 3 is 2.78 bits per heavy atom. The summed E-state index contributed by atoms with van der Waals surface area (Å²) in [4.78, 5) is 12.3. The number of furan rings is 1. The molecule has 1 N–H and O–H groups in total. The number of benzene rings is 1. The number of nitrogens with zero attached hydrogens (tertiary/aromatic N) is 2. The minimum absolute atomic E-state index is 0.123. The molecule has 1 aromatic carbocycles. The molecule has 0 radical (unpaired) electrons. The number of aromatic nitrogens is 2. The zero-order valence-electron chi connectivity index (χ0n) is 12.6. The molecular weight excluding hydrogens is 314 g/mol. The highest BCUT2D eigenvalue weighted by Gasteiger charge is 2.19. The number of carbonyl (C=O) groups excluding carboxylic acids is 1. The first-order chi connectivity index (χ1) is 11.1. The zero-order chi connectivity index (χ0) is 16.2. The molecule has 0 aliphatic carbocycles. The first kappa shape index (κ1) is 15.4. The van der Waals surface area contributed by atoms with E-state index in [4.69, 9.17) is 8.83 Å². The second-order valence-corrected chi connectivity index (χ2v) is 6.21. The molecule has 2 heterocycles. The molecule has 1 amide bonds. The fourth-order valence-electron chi connectivity index (χ4n) is 1.91. The third-order valence-corrected chi connectivity index (χ3v) is 4.12. The van der Waals surface area contributed by atoms with Crippen LogP contribution in [0.2, 0.25) is 0 Å². The van der Waals surface area contributed by atoms with Crippen molar-refractivity contribution >= 4 is 23.4 Å². The highest BCUT2D eigenvalue weighted by Crippen LogP contribution is 2.27. The van der Waals surface area contributed by atoms with Crippen molar-refractivity contribution in [2.45, 2.75) is 24.3 Å². The van der Waals surface area contributed by atoms with E-state index in [0.29, 0.717) is 16.9 Å². The predicted molar refractivity (Wildman–Crippen MR) is 87.1 cm³/mol. The second kappa shape index (κ2) is 6.70. The molecule has 0 aliphatic rings. The van der Waals surface area contributed by atoms with Gasteiger partial charge >= 0.3 is 0 Å². The summed E-state index contributed by atoms with van der Waals surface area (Å²) in [5.74, 6) is 0.674. The first-order valence-electron chi connectivity index (χ1n) is 7.04. The Morgan fingerprint density at radius 1 is 1.22 bits per heavy atom. The summed E-state index contributed by atoms with van der Waals surface area (Å²) in [7, 11) is 0. The minimum atomic E-state index is -0.375. The molecule has 0 spiro atoms. The van der Waals surface area contributed by atoms with Gasteiger partial charge in [-0.25, -0.2) is 0 Å². The summed E-state index contributed by atoms with van der Waals surface area (Å²) < 4.78 is 10.7. The molecule has 0 saturated heterocycles. The van der Waals surface area contributed by atoms with E-state index in [9.17, 15) is 4.79 Å². The van der Waals surface area contributed by atoms with E-state index in [1.54, 1.807) is 19.1 Å². The number of rotatable bonds is 5. The maximum Gasteiger partial charge on any atom is 0.284 e. The van der Waals surface area contributed by atoms with Gasteiger partial charge in [0.15, 0.2) is 5.76 Å². The summed E-state index contributed by atoms with van der Waals surface area (Å²) in [5, 5.41) is 10.7. The topological polar surface area (TPSA) is 81.2 Å². The van der Waals surface area contributed by atoms with Crippen LogP contribution >= 0.6 is 11.8 Å². The fraction of sp³-hybridized carbons (Fsp3) is 0.188. The third-order valence-electron chi connectivity index (χ3n) is 3.19. The van der Waals surface area contributed by atoms with Crippen molar-refractivity contribution < 1.29 is 13.6 Å². The zero-order valence-corrected chi connectivity index (χ0v) is 13.5. The summed E-state index contributed by atoms with van der Waals surface area (Å²) in [6.07, 6.45) is 1.53. The van der Waals surface area contributed by atoms with Crippen LogP contribution in [-0.2, 0) is 4.79 Å².